The molecule has 6 heteroatoms. The van der Waals surface area contributed by atoms with Crippen LogP contribution in [0.3, 0.4) is 0 Å². The molecule has 90 valence electrons. The molecule has 0 atom stereocenters. The van der Waals surface area contributed by atoms with E-state index in [1.807, 2.05) is 10.9 Å². The highest BCUT2D eigenvalue weighted by Gasteiger charge is 2.01. The number of aromatic nitrogens is 3. The summed E-state index contributed by atoms with van der Waals surface area (Å²) in [6.45, 7) is 0.878. The van der Waals surface area contributed by atoms with Crippen LogP contribution in [0.25, 0.3) is 0 Å². The third-order valence-electron chi connectivity index (χ3n) is 2.18. The summed E-state index contributed by atoms with van der Waals surface area (Å²) in [5.41, 5.74) is 0.950. The fourth-order valence-electron chi connectivity index (χ4n) is 1.33. The summed E-state index contributed by atoms with van der Waals surface area (Å²) in [6.07, 6.45) is 6.61. The molecular formula is C10H17N3O2S. The summed E-state index contributed by atoms with van der Waals surface area (Å²) in [4.78, 5) is 10.3. The Labute approximate surface area is 99.2 Å². The molecule has 0 radical (unpaired) electrons. The van der Waals surface area contributed by atoms with Crippen molar-refractivity contribution in [3.8, 4) is 0 Å². The van der Waals surface area contributed by atoms with Gasteiger partial charge >= 0.3 is 5.97 Å². The van der Waals surface area contributed by atoms with Gasteiger partial charge < -0.3 is 5.11 Å². The summed E-state index contributed by atoms with van der Waals surface area (Å²) < 4.78 is 1.84. The minimum Gasteiger partial charge on any atom is -0.481 e. The smallest absolute Gasteiger partial charge is 0.303 e. The van der Waals surface area contributed by atoms with Crippen molar-refractivity contribution in [2.24, 2.45) is 0 Å². The zero-order valence-corrected chi connectivity index (χ0v) is 10.2. The minimum atomic E-state index is -0.733. The van der Waals surface area contributed by atoms with Crippen molar-refractivity contribution in [2.75, 3.05) is 12.0 Å². The van der Waals surface area contributed by atoms with Crippen LogP contribution in [-0.2, 0) is 17.8 Å². The fraction of sp³-hybridized carbons (Fsp3) is 0.700. The van der Waals surface area contributed by atoms with E-state index in [1.54, 1.807) is 11.8 Å². The predicted molar refractivity (Wildman–Crippen MR) is 63.6 cm³/mol. The normalized spacial score (nSPS) is 10.6. The van der Waals surface area contributed by atoms with E-state index in [0.717, 1.165) is 30.8 Å². The number of carboxylic acids is 1. The zero-order valence-electron chi connectivity index (χ0n) is 9.43. The van der Waals surface area contributed by atoms with Gasteiger partial charge in [0.15, 0.2) is 0 Å². The van der Waals surface area contributed by atoms with Crippen molar-refractivity contribution in [2.45, 2.75) is 32.2 Å². The molecule has 1 aromatic rings. The predicted octanol–water partition coefficient (Wildman–Crippen LogP) is 1.44. The molecular weight excluding hydrogens is 226 g/mol. The van der Waals surface area contributed by atoms with Crippen molar-refractivity contribution in [1.29, 1.82) is 0 Å². The molecule has 0 saturated carbocycles. The molecule has 16 heavy (non-hydrogen) atoms. The first-order valence-electron chi connectivity index (χ1n) is 5.32. The van der Waals surface area contributed by atoms with E-state index in [9.17, 15) is 4.79 Å². The number of rotatable bonds is 8. The average Bonchev–Trinajstić information content (AvgIpc) is 2.69. The monoisotopic (exact) mass is 243 g/mol. The van der Waals surface area contributed by atoms with Gasteiger partial charge in [0.1, 0.15) is 0 Å². The molecule has 1 N–H and O–H groups in total. The first-order chi connectivity index (χ1) is 7.72. The summed E-state index contributed by atoms with van der Waals surface area (Å²) in [5, 5.41) is 16.5. The standard InChI is InChI=1S/C10H17N3O2S/c1-16-7-6-13-8-9(11-12-13)4-2-3-5-10(14)15/h8H,2-7H2,1H3,(H,14,15). The number of unbranched alkanes of at least 4 members (excludes halogenated alkanes) is 1. The van der Waals surface area contributed by atoms with Crippen LogP contribution in [0.15, 0.2) is 6.20 Å². The van der Waals surface area contributed by atoms with E-state index in [1.165, 1.54) is 0 Å². The Kier molecular flexibility index (Phi) is 5.92. The molecule has 0 saturated heterocycles. The molecule has 0 amide bonds. The van der Waals surface area contributed by atoms with Crippen LogP contribution in [0.1, 0.15) is 25.0 Å². The van der Waals surface area contributed by atoms with Crippen LogP contribution in [0.5, 0.6) is 0 Å². The van der Waals surface area contributed by atoms with Crippen LogP contribution in [0.2, 0.25) is 0 Å². The summed E-state index contributed by atoms with van der Waals surface area (Å²) >= 11 is 1.78. The Morgan fingerprint density at radius 1 is 1.56 bits per heavy atom. The van der Waals surface area contributed by atoms with Gasteiger partial charge in [-0.1, -0.05) is 5.21 Å². The Morgan fingerprint density at radius 3 is 3.06 bits per heavy atom. The molecule has 0 aliphatic carbocycles. The molecule has 1 aromatic heterocycles. The topological polar surface area (TPSA) is 68.0 Å². The lowest BCUT2D eigenvalue weighted by atomic mass is 10.1. The Hall–Kier alpha value is -1.04. The number of thioether (sulfide) groups is 1. The van der Waals surface area contributed by atoms with Crippen molar-refractivity contribution >= 4 is 17.7 Å². The lowest BCUT2D eigenvalue weighted by molar-refractivity contribution is -0.137. The number of hydrogen-bond acceptors (Lipinski definition) is 4. The van der Waals surface area contributed by atoms with Gasteiger partial charge in [-0.2, -0.15) is 11.8 Å². The Morgan fingerprint density at radius 2 is 2.38 bits per heavy atom. The summed E-state index contributed by atoms with van der Waals surface area (Å²) in [5.74, 6) is 0.297. The second kappa shape index (κ2) is 7.27. The number of carboxylic acid groups (broad SMARTS) is 1. The second-order valence-corrected chi connectivity index (χ2v) is 4.55. The highest BCUT2D eigenvalue weighted by Crippen LogP contribution is 2.04. The third kappa shape index (κ3) is 5.16. The van der Waals surface area contributed by atoms with E-state index in [-0.39, 0.29) is 6.42 Å². The van der Waals surface area contributed by atoms with Gasteiger partial charge in [0.2, 0.25) is 0 Å². The highest BCUT2D eigenvalue weighted by molar-refractivity contribution is 7.98. The van der Waals surface area contributed by atoms with Gasteiger partial charge in [-0.3, -0.25) is 9.48 Å². The molecule has 1 rings (SSSR count). The maximum Gasteiger partial charge on any atom is 0.303 e. The number of hydrogen-bond donors (Lipinski definition) is 1. The highest BCUT2D eigenvalue weighted by atomic mass is 32.2. The molecule has 0 unspecified atom stereocenters. The van der Waals surface area contributed by atoms with Gasteiger partial charge in [-0.25, -0.2) is 0 Å². The number of nitrogens with zero attached hydrogens (tertiary/aromatic N) is 3. The van der Waals surface area contributed by atoms with Crippen LogP contribution >= 0.6 is 11.8 Å². The molecule has 0 bridgehead atoms. The third-order valence-corrected chi connectivity index (χ3v) is 2.77. The van der Waals surface area contributed by atoms with Crippen molar-refractivity contribution in [3.63, 3.8) is 0 Å². The van der Waals surface area contributed by atoms with Gasteiger partial charge in [-0.05, 0) is 25.5 Å². The first kappa shape index (κ1) is 13.0. The Bertz CT molecular complexity index is 328. The van der Waals surface area contributed by atoms with Crippen LogP contribution < -0.4 is 0 Å². The molecule has 1 heterocycles. The fourth-order valence-corrected chi connectivity index (χ4v) is 1.70. The lowest BCUT2D eigenvalue weighted by Gasteiger charge is -1.96. The van der Waals surface area contributed by atoms with Crippen molar-refractivity contribution < 1.29 is 9.90 Å². The summed E-state index contributed by atoms with van der Waals surface area (Å²) in [6, 6.07) is 0. The van der Waals surface area contributed by atoms with Crippen molar-refractivity contribution in [1.82, 2.24) is 15.0 Å². The quantitative estimate of drug-likeness (QED) is 0.700. The van der Waals surface area contributed by atoms with Crippen LogP contribution in [-0.4, -0.2) is 38.1 Å². The molecule has 5 nitrogen and oxygen atoms in total. The maximum atomic E-state index is 10.3. The van der Waals surface area contributed by atoms with E-state index in [4.69, 9.17) is 5.11 Å². The average molecular weight is 243 g/mol. The minimum absolute atomic E-state index is 0.237. The Balaban J connectivity index is 2.21. The maximum absolute atomic E-state index is 10.3. The summed E-state index contributed by atoms with van der Waals surface area (Å²) in [7, 11) is 0. The largest absolute Gasteiger partial charge is 0.481 e. The molecule has 0 spiro atoms. The molecule has 0 fully saturated rings. The molecule has 0 aliphatic rings. The van der Waals surface area contributed by atoms with Gasteiger partial charge in [0, 0.05) is 18.4 Å². The van der Waals surface area contributed by atoms with Gasteiger partial charge in [0.25, 0.3) is 0 Å². The zero-order chi connectivity index (χ0) is 11.8. The molecule has 0 aromatic carbocycles. The van der Waals surface area contributed by atoms with E-state index in [2.05, 4.69) is 16.6 Å². The molecule has 0 aliphatic heterocycles. The number of aliphatic carboxylic acids is 1. The second-order valence-electron chi connectivity index (χ2n) is 3.57. The van der Waals surface area contributed by atoms with E-state index >= 15 is 0 Å². The van der Waals surface area contributed by atoms with Crippen molar-refractivity contribution in [3.05, 3.63) is 11.9 Å². The van der Waals surface area contributed by atoms with Gasteiger partial charge in [-0.15, -0.1) is 5.10 Å². The van der Waals surface area contributed by atoms with Gasteiger partial charge in [0.05, 0.1) is 12.2 Å². The SMILES string of the molecule is CSCCn1cc(CCCCC(=O)O)nn1. The number of carbonyl (C=O) groups is 1. The van der Waals surface area contributed by atoms with Crippen LogP contribution in [0.4, 0.5) is 0 Å². The van der Waals surface area contributed by atoms with Crippen LogP contribution in [0, 0.1) is 0 Å². The lowest BCUT2D eigenvalue weighted by Crippen LogP contribution is -2.00. The van der Waals surface area contributed by atoms with E-state index in [0.29, 0.717) is 6.42 Å². The first-order valence-corrected chi connectivity index (χ1v) is 6.71. The van der Waals surface area contributed by atoms with E-state index < -0.39 is 5.97 Å². The number of aryl methyl sites for hydroxylation is 2.